The number of aryl methyl sites for hydroxylation is 2. The van der Waals surface area contributed by atoms with E-state index in [2.05, 4.69) is 20.4 Å². The molecule has 34 heavy (non-hydrogen) atoms. The standard InChI is InChI=1S/C25H28N6O3/c1-5-8-20-26-22(25(2,3)34)21(24(32)33)31(20)15-16-11-13-17(14-12-16)18-9-6-7-10-19(18)23-27-29-30(4)28-23/h6-7,9-14,34H,5,8,15H2,1-4H3,(H,32,33). The number of rotatable bonds is 8. The monoisotopic (exact) mass is 460 g/mol. The number of aromatic carboxylic acids is 1. The number of imidazole rings is 1. The van der Waals surface area contributed by atoms with E-state index < -0.39 is 11.6 Å². The minimum Gasteiger partial charge on any atom is -0.477 e. The van der Waals surface area contributed by atoms with Crippen molar-refractivity contribution in [2.45, 2.75) is 45.8 Å². The number of hydrogen-bond acceptors (Lipinski definition) is 6. The molecule has 0 radical (unpaired) electrons. The van der Waals surface area contributed by atoms with E-state index >= 15 is 0 Å². The lowest BCUT2D eigenvalue weighted by molar-refractivity contribution is 0.0602. The first-order chi connectivity index (χ1) is 16.2. The Balaban J connectivity index is 1.70. The van der Waals surface area contributed by atoms with Crippen LogP contribution in [0.4, 0.5) is 0 Å². The summed E-state index contributed by atoms with van der Waals surface area (Å²) in [6.07, 6.45) is 1.43. The number of aromatic nitrogens is 6. The van der Waals surface area contributed by atoms with Gasteiger partial charge < -0.3 is 14.8 Å². The van der Waals surface area contributed by atoms with Crippen molar-refractivity contribution in [1.29, 1.82) is 0 Å². The van der Waals surface area contributed by atoms with Gasteiger partial charge in [-0.15, -0.1) is 10.2 Å². The molecule has 0 spiro atoms. The van der Waals surface area contributed by atoms with E-state index in [4.69, 9.17) is 0 Å². The molecule has 2 N–H and O–H groups in total. The number of hydrogen-bond donors (Lipinski definition) is 2. The van der Waals surface area contributed by atoms with Gasteiger partial charge in [-0.05, 0) is 42.2 Å². The molecule has 0 bridgehead atoms. The first-order valence-electron chi connectivity index (χ1n) is 11.2. The van der Waals surface area contributed by atoms with E-state index in [0.717, 1.165) is 28.7 Å². The van der Waals surface area contributed by atoms with E-state index in [-0.39, 0.29) is 11.4 Å². The Kier molecular flexibility index (Phi) is 6.30. The molecule has 0 amide bonds. The fourth-order valence-electron chi connectivity index (χ4n) is 4.02. The second-order valence-electron chi connectivity index (χ2n) is 8.77. The third-order valence-electron chi connectivity index (χ3n) is 5.58. The highest BCUT2D eigenvalue weighted by molar-refractivity contribution is 5.87. The molecule has 2 heterocycles. The maximum Gasteiger partial charge on any atom is 0.354 e. The van der Waals surface area contributed by atoms with E-state index in [1.54, 1.807) is 25.5 Å². The van der Waals surface area contributed by atoms with Crippen LogP contribution in [-0.4, -0.2) is 45.9 Å². The van der Waals surface area contributed by atoms with Crippen molar-refractivity contribution in [1.82, 2.24) is 29.8 Å². The van der Waals surface area contributed by atoms with Gasteiger partial charge in [0.05, 0.1) is 7.05 Å². The van der Waals surface area contributed by atoms with Crippen molar-refractivity contribution < 1.29 is 15.0 Å². The smallest absolute Gasteiger partial charge is 0.354 e. The summed E-state index contributed by atoms with van der Waals surface area (Å²) in [5.41, 5.74) is 2.63. The van der Waals surface area contributed by atoms with Crippen molar-refractivity contribution in [3.05, 3.63) is 71.3 Å². The number of nitrogens with zero attached hydrogens (tertiary/aromatic N) is 6. The fraction of sp³-hybridized carbons (Fsp3) is 0.320. The molecular formula is C25H28N6O3. The second-order valence-corrected chi connectivity index (χ2v) is 8.77. The summed E-state index contributed by atoms with van der Waals surface area (Å²) >= 11 is 0. The van der Waals surface area contributed by atoms with E-state index in [1.165, 1.54) is 4.80 Å². The van der Waals surface area contributed by atoms with Crippen LogP contribution in [0.5, 0.6) is 0 Å². The van der Waals surface area contributed by atoms with Crippen LogP contribution in [0.1, 0.15) is 54.8 Å². The van der Waals surface area contributed by atoms with Crippen molar-refractivity contribution in [3.8, 4) is 22.5 Å². The summed E-state index contributed by atoms with van der Waals surface area (Å²) in [5.74, 6) is 0.101. The number of benzene rings is 2. The molecule has 0 aliphatic rings. The first-order valence-corrected chi connectivity index (χ1v) is 11.2. The molecule has 4 rings (SSSR count). The highest BCUT2D eigenvalue weighted by atomic mass is 16.4. The lowest BCUT2D eigenvalue weighted by Gasteiger charge is -2.16. The average molecular weight is 461 g/mol. The predicted molar refractivity (Wildman–Crippen MR) is 127 cm³/mol. The number of aliphatic hydroxyl groups is 1. The third kappa shape index (κ3) is 4.60. The Morgan fingerprint density at radius 2 is 1.74 bits per heavy atom. The Morgan fingerprint density at radius 1 is 1.06 bits per heavy atom. The van der Waals surface area contributed by atoms with Gasteiger partial charge in [-0.3, -0.25) is 0 Å². The topological polar surface area (TPSA) is 119 Å². The second kappa shape index (κ2) is 9.18. The van der Waals surface area contributed by atoms with Crippen LogP contribution >= 0.6 is 0 Å². The highest BCUT2D eigenvalue weighted by Gasteiger charge is 2.31. The van der Waals surface area contributed by atoms with Crippen LogP contribution in [0.25, 0.3) is 22.5 Å². The summed E-state index contributed by atoms with van der Waals surface area (Å²) in [4.78, 5) is 18.1. The van der Waals surface area contributed by atoms with Crippen LogP contribution in [0.3, 0.4) is 0 Å². The summed E-state index contributed by atoms with van der Waals surface area (Å²) < 4.78 is 1.70. The van der Waals surface area contributed by atoms with Gasteiger partial charge in [-0.1, -0.05) is 55.5 Å². The summed E-state index contributed by atoms with van der Waals surface area (Å²) in [6, 6.07) is 15.8. The number of tetrazole rings is 1. The quantitative estimate of drug-likeness (QED) is 0.412. The third-order valence-corrected chi connectivity index (χ3v) is 5.58. The normalized spacial score (nSPS) is 11.7. The Hall–Kier alpha value is -3.85. The molecule has 2 aromatic carbocycles. The van der Waals surface area contributed by atoms with Crippen molar-refractivity contribution in [2.75, 3.05) is 0 Å². The van der Waals surface area contributed by atoms with Gasteiger partial charge in [0.1, 0.15) is 17.1 Å². The summed E-state index contributed by atoms with van der Waals surface area (Å²) in [7, 11) is 1.73. The Morgan fingerprint density at radius 3 is 2.29 bits per heavy atom. The van der Waals surface area contributed by atoms with Gasteiger partial charge in [0.25, 0.3) is 0 Å². The van der Waals surface area contributed by atoms with Crippen molar-refractivity contribution in [3.63, 3.8) is 0 Å². The van der Waals surface area contributed by atoms with Gasteiger partial charge >= 0.3 is 5.97 Å². The SMILES string of the molecule is CCCc1nc(C(C)(C)O)c(C(=O)O)n1Cc1ccc(-c2ccccc2-c2nnn(C)n2)cc1. The van der Waals surface area contributed by atoms with Crippen LogP contribution in [0.2, 0.25) is 0 Å². The first kappa shape index (κ1) is 23.3. The molecule has 2 aromatic heterocycles. The van der Waals surface area contributed by atoms with Crippen LogP contribution in [-0.2, 0) is 25.6 Å². The molecule has 0 aliphatic heterocycles. The predicted octanol–water partition coefficient (Wildman–Crippen LogP) is 3.67. The lowest BCUT2D eigenvalue weighted by Crippen LogP contribution is -2.22. The molecular weight excluding hydrogens is 432 g/mol. The van der Waals surface area contributed by atoms with Crippen LogP contribution in [0, 0.1) is 0 Å². The van der Waals surface area contributed by atoms with Gasteiger partial charge in [0.15, 0.2) is 5.69 Å². The van der Waals surface area contributed by atoms with Crippen molar-refractivity contribution in [2.24, 2.45) is 7.05 Å². The molecule has 0 atom stereocenters. The highest BCUT2D eigenvalue weighted by Crippen LogP contribution is 2.31. The zero-order valence-electron chi connectivity index (χ0n) is 19.7. The summed E-state index contributed by atoms with van der Waals surface area (Å²) in [6.45, 7) is 5.47. The molecule has 0 saturated carbocycles. The zero-order chi connectivity index (χ0) is 24.5. The van der Waals surface area contributed by atoms with E-state index in [0.29, 0.717) is 24.6 Å². The Bertz CT molecular complexity index is 1320. The molecule has 9 nitrogen and oxygen atoms in total. The van der Waals surface area contributed by atoms with Crippen molar-refractivity contribution >= 4 is 5.97 Å². The maximum absolute atomic E-state index is 12.1. The number of carboxylic acid groups (broad SMARTS) is 1. The van der Waals surface area contributed by atoms with E-state index in [1.807, 2.05) is 55.5 Å². The molecule has 0 aliphatic carbocycles. The summed E-state index contributed by atoms with van der Waals surface area (Å²) in [5, 5.41) is 32.8. The van der Waals surface area contributed by atoms with Crippen LogP contribution in [0.15, 0.2) is 48.5 Å². The molecule has 0 saturated heterocycles. The number of carboxylic acids is 1. The van der Waals surface area contributed by atoms with Gasteiger partial charge in [0, 0.05) is 18.5 Å². The minimum atomic E-state index is -1.36. The molecule has 176 valence electrons. The van der Waals surface area contributed by atoms with E-state index in [9.17, 15) is 15.0 Å². The number of carbonyl (C=O) groups is 1. The van der Waals surface area contributed by atoms with Gasteiger partial charge in [0.2, 0.25) is 5.82 Å². The largest absolute Gasteiger partial charge is 0.477 e. The lowest BCUT2D eigenvalue weighted by atomic mass is 9.98. The zero-order valence-corrected chi connectivity index (χ0v) is 19.7. The average Bonchev–Trinajstić information content (AvgIpc) is 3.38. The Labute approximate surface area is 197 Å². The van der Waals surface area contributed by atoms with Gasteiger partial charge in [-0.2, -0.15) is 4.80 Å². The minimum absolute atomic E-state index is 0.0269. The fourth-order valence-corrected chi connectivity index (χ4v) is 4.02. The van der Waals surface area contributed by atoms with Gasteiger partial charge in [-0.25, -0.2) is 9.78 Å². The maximum atomic E-state index is 12.1. The molecule has 4 aromatic rings. The van der Waals surface area contributed by atoms with Crippen LogP contribution < -0.4 is 0 Å². The molecule has 0 fully saturated rings. The molecule has 0 unspecified atom stereocenters. The molecule has 9 heteroatoms.